The zero-order chi connectivity index (χ0) is 10.9. The molecule has 1 fully saturated rings. The first-order chi connectivity index (χ1) is 7.25. The average Bonchev–Trinajstić information content (AvgIpc) is 3.09. The first-order valence-corrected chi connectivity index (χ1v) is 5.39. The van der Waals surface area contributed by atoms with Gasteiger partial charge >= 0.3 is 0 Å². The molecule has 0 aromatic heterocycles. The molecule has 80 valence electrons. The number of benzene rings is 1. The minimum atomic E-state index is -0.0489. The van der Waals surface area contributed by atoms with Crippen LogP contribution in [0.1, 0.15) is 41.3 Å². The molecule has 0 aliphatic heterocycles. The highest BCUT2D eigenvalue weighted by atomic mass is 16.5. The lowest BCUT2D eigenvalue weighted by atomic mass is 9.96. The lowest BCUT2D eigenvalue weighted by Gasteiger charge is -2.17. The van der Waals surface area contributed by atoms with Crippen LogP contribution in [0.15, 0.2) is 18.2 Å². The molecule has 0 radical (unpaired) electrons. The van der Waals surface area contributed by atoms with Crippen molar-refractivity contribution in [1.82, 2.24) is 0 Å². The Bertz CT molecular complexity index is 378. The maximum absolute atomic E-state index is 10.7. The third-order valence-electron chi connectivity index (χ3n) is 3.23. The zero-order valence-electron chi connectivity index (χ0n) is 9.25. The largest absolute Gasteiger partial charge is 0.374 e. The molecule has 0 amide bonds. The zero-order valence-corrected chi connectivity index (χ0v) is 9.25. The smallest absolute Gasteiger partial charge is 0.150 e. The van der Waals surface area contributed by atoms with Crippen molar-refractivity contribution in [1.29, 1.82) is 0 Å². The van der Waals surface area contributed by atoms with Gasteiger partial charge in [0.05, 0.1) is 5.60 Å². The van der Waals surface area contributed by atoms with Crippen molar-refractivity contribution in [3.63, 3.8) is 0 Å². The molecule has 1 aliphatic rings. The van der Waals surface area contributed by atoms with Crippen LogP contribution < -0.4 is 0 Å². The Morgan fingerprint density at radius 2 is 2.20 bits per heavy atom. The summed E-state index contributed by atoms with van der Waals surface area (Å²) >= 11 is 0. The molecule has 1 aromatic carbocycles. The van der Waals surface area contributed by atoms with Gasteiger partial charge in [-0.1, -0.05) is 19.1 Å². The van der Waals surface area contributed by atoms with Gasteiger partial charge in [0, 0.05) is 12.7 Å². The van der Waals surface area contributed by atoms with Crippen LogP contribution in [0.5, 0.6) is 0 Å². The van der Waals surface area contributed by atoms with E-state index in [4.69, 9.17) is 4.74 Å². The summed E-state index contributed by atoms with van der Waals surface area (Å²) in [5.41, 5.74) is 3.20. The predicted molar refractivity (Wildman–Crippen MR) is 59.1 cm³/mol. The summed E-state index contributed by atoms with van der Waals surface area (Å²) in [5, 5.41) is 0. The summed E-state index contributed by atoms with van der Waals surface area (Å²) in [4.78, 5) is 10.7. The number of carbonyl (C=O) groups excluding carboxylic acids is 1. The van der Waals surface area contributed by atoms with Crippen molar-refractivity contribution >= 4 is 6.29 Å². The molecule has 0 N–H and O–H groups in total. The molecule has 1 aromatic rings. The van der Waals surface area contributed by atoms with Gasteiger partial charge in [-0.15, -0.1) is 0 Å². The van der Waals surface area contributed by atoms with Crippen LogP contribution in [-0.4, -0.2) is 13.4 Å². The van der Waals surface area contributed by atoms with Gasteiger partial charge in [0.25, 0.3) is 0 Å². The highest BCUT2D eigenvalue weighted by molar-refractivity contribution is 5.75. The Kier molecular flexibility index (Phi) is 2.61. The van der Waals surface area contributed by atoms with Gasteiger partial charge in [-0.05, 0) is 36.5 Å². The van der Waals surface area contributed by atoms with E-state index in [-0.39, 0.29) is 5.60 Å². The van der Waals surface area contributed by atoms with E-state index < -0.39 is 0 Å². The third-order valence-corrected chi connectivity index (χ3v) is 3.23. The molecule has 0 saturated heterocycles. The topological polar surface area (TPSA) is 26.3 Å². The Morgan fingerprint density at radius 3 is 2.67 bits per heavy atom. The van der Waals surface area contributed by atoms with Gasteiger partial charge in [-0.3, -0.25) is 4.79 Å². The van der Waals surface area contributed by atoms with Gasteiger partial charge < -0.3 is 4.74 Å². The molecule has 0 spiro atoms. The van der Waals surface area contributed by atoms with Crippen molar-refractivity contribution in [2.75, 3.05) is 7.11 Å². The van der Waals surface area contributed by atoms with E-state index in [0.29, 0.717) is 0 Å². The molecule has 0 bridgehead atoms. The predicted octanol–water partition coefficient (Wildman–Crippen LogP) is 2.70. The van der Waals surface area contributed by atoms with Crippen LogP contribution in [0.4, 0.5) is 0 Å². The van der Waals surface area contributed by atoms with Crippen LogP contribution >= 0.6 is 0 Å². The number of rotatable bonds is 4. The molecule has 15 heavy (non-hydrogen) atoms. The maximum Gasteiger partial charge on any atom is 0.150 e. The Balaban J connectivity index is 2.43. The van der Waals surface area contributed by atoms with Gasteiger partial charge in [-0.25, -0.2) is 0 Å². The third kappa shape index (κ3) is 1.70. The number of hydrogen-bond donors (Lipinski definition) is 0. The summed E-state index contributed by atoms with van der Waals surface area (Å²) in [7, 11) is 1.76. The minimum absolute atomic E-state index is 0.0489. The molecule has 0 heterocycles. The second-order valence-electron chi connectivity index (χ2n) is 4.09. The fraction of sp³-hybridized carbons (Fsp3) is 0.462. The number of hydrogen-bond acceptors (Lipinski definition) is 2. The van der Waals surface area contributed by atoms with Crippen LogP contribution in [-0.2, 0) is 16.8 Å². The molecule has 0 atom stereocenters. The highest BCUT2D eigenvalue weighted by Gasteiger charge is 2.45. The summed E-state index contributed by atoms with van der Waals surface area (Å²) in [6.07, 6.45) is 4.03. The number of aryl methyl sites for hydroxylation is 1. The number of ether oxygens (including phenoxy) is 1. The van der Waals surface area contributed by atoms with Gasteiger partial charge in [-0.2, -0.15) is 0 Å². The summed E-state index contributed by atoms with van der Waals surface area (Å²) < 4.78 is 5.56. The first kappa shape index (κ1) is 10.4. The molecular weight excluding hydrogens is 188 g/mol. The van der Waals surface area contributed by atoms with E-state index in [1.54, 1.807) is 7.11 Å². The monoisotopic (exact) mass is 204 g/mol. The quantitative estimate of drug-likeness (QED) is 0.705. The first-order valence-electron chi connectivity index (χ1n) is 5.39. The van der Waals surface area contributed by atoms with Crippen LogP contribution in [0.3, 0.4) is 0 Å². The number of aldehydes is 1. The standard InChI is InChI=1S/C13H16O2/c1-3-11-8-10(9-14)4-5-12(11)13(15-2)6-7-13/h4-5,8-9H,3,6-7H2,1-2H3. The molecule has 1 aliphatic carbocycles. The Morgan fingerprint density at radius 1 is 1.47 bits per heavy atom. The second-order valence-corrected chi connectivity index (χ2v) is 4.09. The minimum Gasteiger partial charge on any atom is -0.374 e. The lowest BCUT2D eigenvalue weighted by Crippen LogP contribution is -2.12. The normalized spacial score (nSPS) is 17.5. The SMILES string of the molecule is CCc1cc(C=O)ccc1C1(OC)CC1. The second kappa shape index (κ2) is 3.78. The summed E-state index contributed by atoms with van der Waals surface area (Å²) in [5.74, 6) is 0. The molecule has 1 saturated carbocycles. The average molecular weight is 204 g/mol. The van der Waals surface area contributed by atoms with Gasteiger partial charge in [0.1, 0.15) is 6.29 Å². The molecule has 2 heteroatoms. The fourth-order valence-electron chi connectivity index (χ4n) is 2.12. The highest BCUT2D eigenvalue weighted by Crippen LogP contribution is 2.49. The maximum atomic E-state index is 10.7. The Labute approximate surface area is 90.3 Å². The van der Waals surface area contributed by atoms with E-state index >= 15 is 0 Å². The fourth-order valence-corrected chi connectivity index (χ4v) is 2.12. The van der Waals surface area contributed by atoms with E-state index in [1.807, 2.05) is 18.2 Å². The van der Waals surface area contributed by atoms with Gasteiger partial charge in [0.15, 0.2) is 0 Å². The van der Waals surface area contributed by atoms with E-state index in [0.717, 1.165) is 31.1 Å². The van der Waals surface area contributed by atoms with Crippen LogP contribution in [0.2, 0.25) is 0 Å². The number of methoxy groups -OCH3 is 1. The summed E-state index contributed by atoms with van der Waals surface area (Å²) in [6, 6.07) is 5.89. The molecule has 0 unspecified atom stereocenters. The van der Waals surface area contributed by atoms with Crippen molar-refractivity contribution < 1.29 is 9.53 Å². The van der Waals surface area contributed by atoms with Crippen LogP contribution in [0, 0.1) is 0 Å². The molecule has 2 rings (SSSR count). The van der Waals surface area contributed by atoms with Crippen molar-refractivity contribution in [3.05, 3.63) is 34.9 Å². The number of carbonyl (C=O) groups is 1. The van der Waals surface area contributed by atoms with Crippen LogP contribution in [0.25, 0.3) is 0 Å². The van der Waals surface area contributed by atoms with E-state index in [2.05, 4.69) is 6.92 Å². The molecular formula is C13H16O2. The van der Waals surface area contributed by atoms with E-state index in [1.165, 1.54) is 11.1 Å². The van der Waals surface area contributed by atoms with Gasteiger partial charge in [0.2, 0.25) is 0 Å². The van der Waals surface area contributed by atoms with Crippen molar-refractivity contribution in [2.45, 2.75) is 31.8 Å². The van der Waals surface area contributed by atoms with Crippen molar-refractivity contribution in [3.8, 4) is 0 Å². The lowest BCUT2D eigenvalue weighted by molar-refractivity contribution is 0.0781. The summed E-state index contributed by atoms with van der Waals surface area (Å²) in [6.45, 7) is 2.11. The molecule has 2 nitrogen and oxygen atoms in total. The Hall–Kier alpha value is -1.15. The van der Waals surface area contributed by atoms with E-state index in [9.17, 15) is 4.79 Å². The van der Waals surface area contributed by atoms with Crippen molar-refractivity contribution in [2.24, 2.45) is 0 Å².